The number of pyridine rings is 1. The molecule has 0 aliphatic heterocycles. The van der Waals surface area contributed by atoms with E-state index in [-0.39, 0.29) is 5.91 Å². The number of amides is 1. The molecule has 124 valence electrons. The summed E-state index contributed by atoms with van der Waals surface area (Å²) >= 11 is 1.58. The van der Waals surface area contributed by atoms with Crippen LogP contribution < -0.4 is 0 Å². The number of aromatic nitrogens is 1. The summed E-state index contributed by atoms with van der Waals surface area (Å²) in [5.74, 6) is 0.805. The summed E-state index contributed by atoms with van der Waals surface area (Å²) < 4.78 is 5.43. The van der Waals surface area contributed by atoms with Gasteiger partial charge in [-0.1, -0.05) is 13.0 Å². The van der Waals surface area contributed by atoms with E-state index < -0.39 is 0 Å². The van der Waals surface area contributed by atoms with Crippen LogP contribution in [-0.4, -0.2) is 15.8 Å². The van der Waals surface area contributed by atoms with Gasteiger partial charge in [-0.25, -0.2) is 0 Å². The molecule has 0 aromatic carbocycles. The van der Waals surface area contributed by atoms with Crippen LogP contribution in [0.4, 0.5) is 0 Å². The molecule has 4 nitrogen and oxygen atoms in total. The number of carbonyl (C=O) groups is 1. The summed E-state index contributed by atoms with van der Waals surface area (Å²) in [6.45, 7) is 5.12. The molecule has 0 radical (unpaired) electrons. The second-order valence-electron chi connectivity index (χ2n) is 5.67. The molecule has 5 heteroatoms. The van der Waals surface area contributed by atoms with Crippen molar-refractivity contribution in [3.63, 3.8) is 0 Å². The third-order valence-corrected chi connectivity index (χ3v) is 5.23. The zero-order valence-electron chi connectivity index (χ0n) is 13.9. The standard InChI is InChI=1S/C19H20N2O2S/c1-3-17-14(2)10-18(24-17)19(22)21(13-16-7-5-9-23-16)12-15-6-4-8-20-11-15/h4-11H,3,12-13H2,1-2H3. The Morgan fingerprint density at radius 1 is 1.29 bits per heavy atom. The second kappa shape index (κ2) is 7.45. The third-order valence-electron chi connectivity index (χ3n) is 3.86. The minimum absolute atomic E-state index is 0.0306. The number of carbonyl (C=O) groups excluding carboxylic acids is 1. The molecule has 0 aliphatic rings. The van der Waals surface area contributed by atoms with Crippen molar-refractivity contribution in [3.8, 4) is 0 Å². The summed E-state index contributed by atoms with van der Waals surface area (Å²) in [7, 11) is 0. The van der Waals surface area contributed by atoms with E-state index in [0.717, 1.165) is 22.6 Å². The maximum atomic E-state index is 13.0. The second-order valence-corrected chi connectivity index (χ2v) is 6.81. The SMILES string of the molecule is CCc1sc(C(=O)N(Cc2cccnc2)Cc2ccco2)cc1C. The lowest BCUT2D eigenvalue weighted by Crippen LogP contribution is -2.29. The number of thiophene rings is 1. The molecule has 3 rings (SSSR count). The molecule has 0 fully saturated rings. The fraction of sp³-hybridized carbons (Fsp3) is 0.263. The van der Waals surface area contributed by atoms with Crippen molar-refractivity contribution in [2.45, 2.75) is 33.4 Å². The van der Waals surface area contributed by atoms with E-state index in [0.29, 0.717) is 13.1 Å². The average molecular weight is 340 g/mol. The summed E-state index contributed by atoms with van der Waals surface area (Å²) in [5.41, 5.74) is 2.19. The maximum Gasteiger partial charge on any atom is 0.264 e. The molecule has 3 heterocycles. The van der Waals surface area contributed by atoms with Crippen molar-refractivity contribution < 1.29 is 9.21 Å². The first kappa shape index (κ1) is 16.5. The van der Waals surface area contributed by atoms with Crippen molar-refractivity contribution >= 4 is 17.2 Å². The van der Waals surface area contributed by atoms with Crippen molar-refractivity contribution in [2.75, 3.05) is 0 Å². The van der Waals surface area contributed by atoms with Crippen LogP contribution in [0, 0.1) is 6.92 Å². The lowest BCUT2D eigenvalue weighted by Gasteiger charge is -2.21. The predicted molar refractivity (Wildman–Crippen MR) is 95.0 cm³/mol. The topological polar surface area (TPSA) is 46.3 Å². The van der Waals surface area contributed by atoms with E-state index in [2.05, 4.69) is 18.8 Å². The lowest BCUT2D eigenvalue weighted by atomic mass is 10.2. The van der Waals surface area contributed by atoms with Gasteiger partial charge in [0.15, 0.2) is 0 Å². The zero-order valence-corrected chi connectivity index (χ0v) is 14.7. The Morgan fingerprint density at radius 2 is 2.17 bits per heavy atom. The van der Waals surface area contributed by atoms with Crippen LogP contribution in [0.3, 0.4) is 0 Å². The minimum atomic E-state index is 0.0306. The Morgan fingerprint density at radius 3 is 2.79 bits per heavy atom. The Kier molecular flexibility index (Phi) is 5.11. The molecular formula is C19H20N2O2S. The average Bonchev–Trinajstić information content (AvgIpc) is 3.24. The first-order valence-corrected chi connectivity index (χ1v) is 8.79. The molecule has 3 aromatic rings. The molecule has 0 bridgehead atoms. The van der Waals surface area contributed by atoms with Crippen molar-refractivity contribution in [1.82, 2.24) is 9.88 Å². The number of aryl methyl sites for hydroxylation is 2. The van der Waals surface area contributed by atoms with E-state index in [1.807, 2.05) is 30.3 Å². The fourth-order valence-electron chi connectivity index (χ4n) is 2.63. The van der Waals surface area contributed by atoms with Gasteiger partial charge < -0.3 is 9.32 Å². The molecule has 0 aliphatic carbocycles. The summed E-state index contributed by atoms with van der Waals surface area (Å²) in [5, 5.41) is 0. The van der Waals surface area contributed by atoms with Crippen molar-refractivity contribution in [1.29, 1.82) is 0 Å². The number of hydrogen-bond acceptors (Lipinski definition) is 4. The number of furan rings is 1. The Bertz CT molecular complexity index is 794. The first-order chi connectivity index (χ1) is 11.7. The van der Waals surface area contributed by atoms with Crippen molar-refractivity contribution in [2.24, 2.45) is 0 Å². The normalized spacial score (nSPS) is 10.8. The van der Waals surface area contributed by atoms with Gasteiger partial charge in [-0.3, -0.25) is 9.78 Å². The van der Waals surface area contributed by atoms with Crippen LogP contribution in [0.2, 0.25) is 0 Å². The molecule has 0 N–H and O–H groups in total. The highest BCUT2D eigenvalue weighted by atomic mass is 32.1. The molecule has 1 amide bonds. The van der Waals surface area contributed by atoms with Crippen molar-refractivity contribution in [3.05, 3.63) is 75.6 Å². The lowest BCUT2D eigenvalue weighted by molar-refractivity contribution is 0.0722. The van der Waals surface area contributed by atoms with Gasteiger partial charge in [0.2, 0.25) is 0 Å². The molecule has 0 saturated heterocycles. The highest BCUT2D eigenvalue weighted by Crippen LogP contribution is 2.25. The summed E-state index contributed by atoms with van der Waals surface area (Å²) in [6, 6.07) is 9.58. The molecule has 0 spiro atoms. The fourth-order valence-corrected chi connectivity index (χ4v) is 3.72. The molecule has 0 unspecified atom stereocenters. The van der Waals surface area contributed by atoms with E-state index in [4.69, 9.17) is 4.42 Å². The number of rotatable bonds is 6. The van der Waals surface area contributed by atoms with Gasteiger partial charge in [0, 0.05) is 23.8 Å². The van der Waals surface area contributed by atoms with E-state index in [1.165, 1.54) is 10.4 Å². The van der Waals surface area contributed by atoms with Crippen LogP contribution in [-0.2, 0) is 19.5 Å². The van der Waals surface area contributed by atoms with E-state index in [9.17, 15) is 4.79 Å². The quantitative estimate of drug-likeness (QED) is 0.666. The summed E-state index contributed by atoms with van der Waals surface area (Å²) in [4.78, 5) is 21.0. The van der Waals surface area contributed by atoms with Gasteiger partial charge >= 0.3 is 0 Å². The van der Waals surface area contributed by atoms with Gasteiger partial charge in [-0.15, -0.1) is 11.3 Å². The Labute approximate surface area is 145 Å². The number of hydrogen-bond donors (Lipinski definition) is 0. The monoisotopic (exact) mass is 340 g/mol. The smallest absolute Gasteiger partial charge is 0.264 e. The minimum Gasteiger partial charge on any atom is -0.467 e. The predicted octanol–water partition coefficient (Wildman–Crippen LogP) is 4.45. The zero-order chi connectivity index (χ0) is 16.9. The third kappa shape index (κ3) is 3.74. The molecule has 24 heavy (non-hydrogen) atoms. The van der Waals surface area contributed by atoms with Crippen LogP contribution in [0.25, 0.3) is 0 Å². The van der Waals surface area contributed by atoms with Gasteiger partial charge in [0.1, 0.15) is 5.76 Å². The Balaban J connectivity index is 1.86. The summed E-state index contributed by atoms with van der Waals surface area (Å²) in [6.07, 6.45) is 6.11. The molecule has 0 saturated carbocycles. The van der Waals surface area contributed by atoms with Gasteiger partial charge in [0.25, 0.3) is 5.91 Å². The van der Waals surface area contributed by atoms with E-state index in [1.54, 1.807) is 34.9 Å². The van der Waals surface area contributed by atoms with Crippen LogP contribution in [0.1, 0.15) is 38.4 Å². The largest absolute Gasteiger partial charge is 0.467 e. The van der Waals surface area contributed by atoms with Gasteiger partial charge in [0.05, 0.1) is 17.7 Å². The van der Waals surface area contributed by atoms with Crippen LogP contribution >= 0.6 is 11.3 Å². The Hall–Kier alpha value is -2.40. The molecule has 3 aromatic heterocycles. The maximum absolute atomic E-state index is 13.0. The number of nitrogens with zero attached hydrogens (tertiary/aromatic N) is 2. The molecule has 0 atom stereocenters. The van der Waals surface area contributed by atoms with Gasteiger partial charge in [-0.05, 0) is 48.7 Å². The van der Waals surface area contributed by atoms with E-state index >= 15 is 0 Å². The highest BCUT2D eigenvalue weighted by molar-refractivity contribution is 7.14. The van der Waals surface area contributed by atoms with Crippen LogP contribution in [0.5, 0.6) is 0 Å². The highest BCUT2D eigenvalue weighted by Gasteiger charge is 2.20. The molecular weight excluding hydrogens is 320 g/mol. The van der Waals surface area contributed by atoms with Gasteiger partial charge in [-0.2, -0.15) is 0 Å². The first-order valence-electron chi connectivity index (χ1n) is 7.97. The van der Waals surface area contributed by atoms with Crippen LogP contribution in [0.15, 0.2) is 53.4 Å².